The summed E-state index contributed by atoms with van der Waals surface area (Å²) in [5, 5.41) is 3.37. The van der Waals surface area contributed by atoms with Crippen molar-refractivity contribution in [1.29, 1.82) is 0 Å². The van der Waals surface area contributed by atoms with Crippen LogP contribution in [-0.4, -0.2) is 40.8 Å². The highest BCUT2D eigenvalue weighted by Gasteiger charge is 2.34. The third-order valence-corrected chi connectivity index (χ3v) is 5.52. The van der Waals surface area contributed by atoms with Gasteiger partial charge < -0.3 is 10.1 Å². The zero-order chi connectivity index (χ0) is 20.1. The Morgan fingerprint density at radius 3 is 2.79 bits per heavy atom. The molecular weight excluding hydrogens is 398 g/mol. The Morgan fingerprint density at radius 2 is 2.07 bits per heavy atom. The molecule has 8 heteroatoms. The molecule has 1 aliphatic heterocycles. The second-order valence-corrected chi connectivity index (χ2v) is 7.69. The highest BCUT2D eigenvalue weighted by molar-refractivity contribution is 8.15. The Kier molecular flexibility index (Phi) is 6.59. The van der Waals surface area contributed by atoms with Gasteiger partial charge >= 0.3 is 0 Å². The Hall–Kier alpha value is -2.51. The molecule has 1 fully saturated rings. The number of nitrogens with one attached hydrogen (secondary N) is 1. The van der Waals surface area contributed by atoms with E-state index in [2.05, 4.69) is 10.3 Å². The minimum absolute atomic E-state index is 0.109. The van der Waals surface area contributed by atoms with Crippen molar-refractivity contribution in [2.24, 2.45) is 4.99 Å². The molecule has 2 amide bonds. The molecule has 1 saturated heterocycles. The molecule has 1 N–H and O–H groups in total. The minimum Gasteiger partial charge on any atom is -0.494 e. The van der Waals surface area contributed by atoms with Crippen LogP contribution >= 0.6 is 23.4 Å². The molecule has 2 aromatic carbocycles. The Bertz CT molecular complexity index is 902. The molecule has 3 rings (SSSR count). The SMILES string of the molecule is CCOc1cccc(NC(=O)[C@@H]2CC(=O)N(C)C(=Nc3ccc(Cl)cc3)S2)c1. The lowest BCUT2D eigenvalue weighted by Crippen LogP contribution is -2.43. The van der Waals surface area contributed by atoms with Crippen LogP contribution in [0.15, 0.2) is 53.5 Å². The van der Waals surface area contributed by atoms with Crippen molar-refractivity contribution < 1.29 is 14.3 Å². The van der Waals surface area contributed by atoms with Crippen molar-refractivity contribution in [1.82, 2.24) is 4.90 Å². The van der Waals surface area contributed by atoms with Crippen LogP contribution in [0, 0.1) is 0 Å². The van der Waals surface area contributed by atoms with Crippen molar-refractivity contribution in [3.8, 4) is 5.75 Å². The van der Waals surface area contributed by atoms with E-state index in [4.69, 9.17) is 16.3 Å². The summed E-state index contributed by atoms with van der Waals surface area (Å²) in [6, 6.07) is 14.1. The van der Waals surface area contributed by atoms with E-state index in [1.54, 1.807) is 49.5 Å². The zero-order valence-corrected chi connectivity index (χ0v) is 17.1. The number of carbonyl (C=O) groups excluding carboxylic acids is 2. The number of anilines is 1. The van der Waals surface area contributed by atoms with E-state index in [0.29, 0.717) is 33.9 Å². The van der Waals surface area contributed by atoms with Gasteiger partial charge in [-0.05, 0) is 43.3 Å². The molecule has 146 valence electrons. The Balaban J connectivity index is 1.74. The molecule has 2 aromatic rings. The summed E-state index contributed by atoms with van der Waals surface area (Å²) < 4.78 is 5.45. The third kappa shape index (κ3) is 5.05. The van der Waals surface area contributed by atoms with Crippen LogP contribution in [0.3, 0.4) is 0 Å². The number of halogens is 1. The van der Waals surface area contributed by atoms with Gasteiger partial charge in [-0.2, -0.15) is 0 Å². The first-order chi connectivity index (χ1) is 13.5. The third-order valence-electron chi connectivity index (χ3n) is 4.03. The first-order valence-electron chi connectivity index (χ1n) is 8.77. The molecule has 1 atom stereocenters. The van der Waals surface area contributed by atoms with Gasteiger partial charge in [0.25, 0.3) is 0 Å². The quantitative estimate of drug-likeness (QED) is 0.786. The monoisotopic (exact) mass is 417 g/mol. The fourth-order valence-corrected chi connectivity index (χ4v) is 3.77. The maximum atomic E-state index is 12.7. The number of benzene rings is 2. The molecule has 0 radical (unpaired) electrons. The van der Waals surface area contributed by atoms with Gasteiger partial charge in [0.15, 0.2) is 5.17 Å². The number of hydrogen-bond donors (Lipinski definition) is 1. The lowest BCUT2D eigenvalue weighted by molar-refractivity contribution is -0.128. The highest BCUT2D eigenvalue weighted by Crippen LogP contribution is 2.29. The molecule has 0 spiro atoms. The first-order valence-corrected chi connectivity index (χ1v) is 10.0. The van der Waals surface area contributed by atoms with Gasteiger partial charge in [-0.25, -0.2) is 4.99 Å². The largest absolute Gasteiger partial charge is 0.494 e. The number of nitrogens with zero attached hydrogens (tertiary/aromatic N) is 2. The van der Waals surface area contributed by atoms with Gasteiger partial charge in [-0.3, -0.25) is 14.5 Å². The molecule has 0 aromatic heterocycles. The van der Waals surface area contributed by atoms with E-state index in [1.807, 2.05) is 13.0 Å². The van der Waals surface area contributed by atoms with Crippen molar-refractivity contribution in [2.45, 2.75) is 18.6 Å². The van der Waals surface area contributed by atoms with Crippen LogP contribution < -0.4 is 10.1 Å². The number of amides is 2. The summed E-state index contributed by atoms with van der Waals surface area (Å²) in [6.45, 7) is 2.44. The van der Waals surface area contributed by atoms with Crippen molar-refractivity contribution >= 4 is 51.7 Å². The van der Waals surface area contributed by atoms with Crippen LogP contribution in [0.2, 0.25) is 5.02 Å². The van der Waals surface area contributed by atoms with Crippen LogP contribution in [0.25, 0.3) is 0 Å². The maximum Gasteiger partial charge on any atom is 0.238 e. The maximum absolute atomic E-state index is 12.7. The summed E-state index contributed by atoms with van der Waals surface area (Å²) >= 11 is 7.16. The molecule has 28 heavy (non-hydrogen) atoms. The molecule has 0 saturated carbocycles. The van der Waals surface area contributed by atoms with Gasteiger partial charge in [0.05, 0.1) is 12.3 Å². The van der Waals surface area contributed by atoms with E-state index < -0.39 is 5.25 Å². The smallest absolute Gasteiger partial charge is 0.238 e. The Labute approximate surface area is 172 Å². The normalized spacial score (nSPS) is 18.2. The van der Waals surface area contributed by atoms with Gasteiger partial charge in [0.1, 0.15) is 11.0 Å². The predicted octanol–water partition coefficient (Wildman–Crippen LogP) is 4.33. The summed E-state index contributed by atoms with van der Waals surface area (Å²) in [5.41, 5.74) is 1.29. The number of aliphatic imine (C=N–C) groups is 1. The van der Waals surface area contributed by atoms with Crippen LogP contribution in [0.5, 0.6) is 5.75 Å². The van der Waals surface area contributed by atoms with Crippen molar-refractivity contribution in [2.75, 3.05) is 19.0 Å². The van der Waals surface area contributed by atoms with Gasteiger partial charge in [0.2, 0.25) is 11.8 Å². The topological polar surface area (TPSA) is 71.0 Å². The number of ether oxygens (including phenoxy) is 1. The van der Waals surface area contributed by atoms with E-state index in [0.717, 1.165) is 0 Å². The van der Waals surface area contributed by atoms with Crippen molar-refractivity contribution in [3.05, 3.63) is 53.6 Å². The fourth-order valence-electron chi connectivity index (χ4n) is 2.58. The first kappa shape index (κ1) is 20.2. The lowest BCUT2D eigenvalue weighted by Gasteiger charge is -2.28. The Morgan fingerprint density at radius 1 is 1.32 bits per heavy atom. The van der Waals surface area contributed by atoms with E-state index in [-0.39, 0.29) is 18.2 Å². The molecule has 6 nitrogen and oxygen atoms in total. The van der Waals surface area contributed by atoms with Gasteiger partial charge in [-0.15, -0.1) is 0 Å². The molecule has 1 aliphatic rings. The lowest BCUT2D eigenvalue weighted by atomic mass is 10.2. The second kappa shape index (κ2) is 9.12. The van der Waals surface area contributed by atoms with Gasteiger partial charge in [-0.1, -0.05) is 29.4 Å². The van der Waals surface area contributed by atoms with Crippen LogP contribution in [0.1, 0.15) is 13.3 Å². The molecular formula is C20H20ClN3O3S. The molecule has 0 aliphatic carbocycles. The fraction of sp³-hybridized carbons (Fsp3) is 0.250. The second-order valence-electron chi connectivity index (χ2n) is 6.08. The highest BCUT2D eigenvalue weighted by atomic mass is 35.5. The molecule has 1 heterocycles. The summed E-state index contributed by atoms with van der Waals surface area (Å²) in [4.78, 5) is 31.0. The molecule has 0 bridgehead atoms. The number of rotatable bonds is 5. The number of thioether (sulfide) groups is 1. The summed E-state index contributed by atoms with van der Waals surface area (Å²) in [7, 11) is 1.66. The summed E-state index contributed by atoms with van der Waals surface area (Å²) in [5.74, 6) is 0.274. The van der Waals surface area contributed by atoms with E-state index in [1.165, 1.54) is 16.7 Å². The van der Waals surface area contributed by atoms with Crippen LogP contribution in [-0.2, 0) is 9.59 Å². The number of amidine groups is 1. The van der Waals surface area contributed by atoms with E-state index >= 15 is 0 Å². The van der Waals surface area contributed by atoms with Gasteiger partial charge in [0, 0.05) is 30.2 Å². The number of carbonyl (C=O) groups is 2. The standard InChI is InChI=1S/C20H20ClN3O3S/c1-3-27-16-6-4-5-15(11-16)22-19(26)17-12-18(25)24(2)20(28-17)23-14-9-7-13(21)8-10-14/h4-11,17H,3,12H2,1-2H3,(H,22,26)/t17-/m0/s1. The summed E-state index contributed by atoms with van der Waals surface area (Å²) in [6.07, 6.45) is 0.109. The van der Waals surface area contributed by atoms with Crippen molar-refractivity contribution in [3.63, 3.8) is 0 Å². The average molecular weight is 418 g/mol. The molecule has 0 unspecified atom stereocenters. The zero-order valence-electron chi connectivity index (χ0n) is 15.5. The predicted molar refractivity (Wildman–Crippen MR) is 114 cm³/mol. The van der Waals surface area contributed by atoms with Crippen LogP contribution in [0.4, 0.5) is 11.4 Å². The number of hydrogen-bond acceptors (Lipinski definition) is 5. The minimum atomic E-state index is -0.564. The average Bonchev–Trinajstić information content (AvgIpc) is 2.67. The van der Waals surface area contributed by atoms with E-state index in [9.17, 15) is 9.59 Å².